The summed E-state index contributed by atoms with van der Waals surface area (Å²) in [5.74, 6) is -1.99. The van der Waals surface area contributed by atoms with E-state index in [1.165, 1.54) is 0 Å². The van der Waals surface area contributed by atoms with Crippen LogP contribution in [-0.2, 0) is 9.59 Å². The van der Waals surface area contributed by atoms with E-state index in [4.69, 9.17) is 23.2 Å². The van der Waals surface area contributed by atoms with Gasteiger partial charge in [-0.1, -0.05) is 59.1 Å². The largest absolute Gasteiger partial charge is 0.292 e. The van der Waals surface area contributed by atoms with E-state index in [1.807, 2.05) is 19.1 Å². The number of rotatable bonds is 3. The van der Waals surface area contributed by atoms with Gasteiger partial charge in [-0.25, -0.2) is 4.90 Å². The molecule has 0 aromatic heterocycles. The molecule has 0 unspecified atom stereocenters. The van der Waals surface area contributed by atoms with E-state index in [-0.39, 0.29) is 33.7 Å². The first-order chi connectivity index (χ1) is 14.4. The third-order valence-electron chi connectivity index (χ3n) is 6.63. The lowest BCUT2D eigenvalue weighted by Crippen LogP contribution is -2.46. The molecule has 2 aromatic rings. The number of carbonyl (C=O) groups excluding carboxylic acids is 3. The Morgan fingerprint density at radius 2 is 1.70 bits per heavy atom. The Labute approximate surface area is 184 Å². The van der Waals surface area contributed by atoms with Gasteiger partial charge in [0.2, 0.25) is 11.8 Å². The molecule has 2 amide bonds. The lowest BCUT2D eigenvalue weighted by atomic mass is 9.85. The maximum atomic E-state index is 13.5. The third-order valence-corrected chi connectivity index (χ3v) is 7.44. The maximum absolute atomic E-state index is 13.5. The van der Waals surface area contributed by atoms with Crippen molar-refractivity contribution in [2.75, 3.05) is 11.4 Å². The van der Waals surface area contributed by atoms with Crippen LogP contribution in [0.25, 0.3) is 0 Å². The molecule has 0 saturated carbocycles. The molecule has 5 nitrogen and oxygen atoms in total. The zero-order chi connectivity index (χ0) is 21.2. The predicted molar refractivity (Wildman–Crippen MR) is 115 cm³/mol. The first-order valence-corrected chi connectivity index (χ1v) is 10.8. The number of imide groups is 1. The Hall–Kier alpha value is -2.21. The molecule has 0 radical (unpaired) electrons. The van der Waals surface area contributed by atoms with Crippen LogP contribution in [0, 0.1) is 18.8 Å². The second-order valence-electron chi connectivity index (χ2n) is 8.26. The monoisotopic (exact) mass is 442 g/mol. The number of ketones is 1. The van der Waals surface area contributed by atoms with E-state index >= 15 is 0 Å². The van der Waals surface area contributed by atoms with Crippen molar-refractivity contribution in [2.24, 2.45) is 11.8 Å². The van der Waals surface area contributed by atoms with Crippen LogP contribution in [0.1, 0.15) is 28.8 Å². The minimum absolute atomic E-state index is 0.102. The topological polar surface area (TPSA) is 57.7 Å². The fourth-order valence-corrected chi connectivity index (χ4v) is 5.69. The Morgan fingerprint density at radius 1 is 1.00 bits per heavy atom. The normalized spacial score (nSPS) is 28.2. The highest BCUT2D eigenvalue weighted by Gasteiger charge is 2.64. The van der Waals surface area contributed by atoms with Gasteiger partial charge in [-0.05, 0) is 38.4 Å². The summed E-state index contributed by atoms with van der Waals surface area (Å²) in [6.45, 7) is 2.68. The number of carbonyl (C=O) groups is 3. The number of halogens is 2. The summed E-state index contributed by atoms with van der Waals surface area (Å²) in [6.07, 6.45) is 1.71. The third kappa shape index (κ3) is 2.76. The molecule has 154 valence electrons. The predicted octanol–water partition coefficient (Wildman–Crippen LogP) is 4.14. The number of anilines is 1. The molecule has 0 N–H and O–H groups in total. The number of benzene rings is 2. The van der Waals surface area contributed by atoms with Crippen LogP contribution < -0.4 is 4.90 Å². The molecule has 3 aliphatic heterocycles. The Morgan fingerprint density at radius 3 is 2.43 bits per heavy atom. The standard InChI is InChI=1S/C23H20Cl2N2O3/c1-12-7-9-13(10-8-12)21(28)20-18-17(15-6-3-11-26(15)20)22(29)27(23(18)30)16-5-2-4-14(24)19(16)25/h2,4-5,7-10,15,17-18,20H,3,6,11H2,1H3/t15-,17-,18-,20-/m1/s1. The average molecular weight is 443 g/mol. The van der Waals surface area contributed by atoms with Crippen LogP contribution in [0.3, 0.4) is 0 Å². The summed E-state index contributed by atoms with van der Waals surface area (Å²) in [5.41, 5.74) is 1.92. The molecular weight excluding hydrogens is 423 g/mol. The number of fused-ring (bicyclic) bond motifs is 3. The minimum Gasteiger partial charge on any atom is -0.292 e. The van der Waals surface area contributed by atoms with E-state index in [0.29, 0.717) is 11.3 Å². The molecule has 3 fully saturated rings. The van der Waals surface area contributed by atoms with Crippen molar-refractivity contribution in [3.63, 3.8) is 0 Å². The zero-order valence-corrected chi connectivity index (χ0v) is 17.9. The molecule has 3 aliphatic rings. The fourth-order valence-electron chi connectivity index (χ4n) is 5.31. The van der Waals surface area contributed by atoms with Gasteiger partial charge >= 0.3 is 0 Å². The Balaban J connectivity index is 1.57. The number of amides is 2. The van der Waals surface area contributed by atoms with Crippen molar-refractivity contribution < 1.29 is 14.4 Å². The molecule has 5 rings (SSSR count). The summed E-state index contributed by atoms with van der Waals surface area (Å²) >= 11 is 12.5. The molecule has 2 aromatic carbocycles. The molecule has 30 heavy (non-hydrogen) atoms. The number of hydrogen-bond acceptors (Lipinski definition) is 4. The van der Waals surface area contributed by atoms with Gasteiger partial charge in [-0.15, -0.1) is 0 Å². The molecule has 7 heteroatoms. The number of hydrogen-bond donors (Lipinski definition) is 0. The van der Waals surface area contributed by atoms with Crippen molar-refractivity contribution in [1.82, 2.24) is 4.90 Å². The van der Waals surface area contributed by atoms with Crippen molar-refractivity contribution in [3.05, 3.63) is 63.6 Å². The highest BCUT2D eigenvalue weighted by molar-refractivity contribution is 6.45. The van der Waals surface area contributed by atoms with Crippen molar-refractivity contribution >= 4 is 46.5 Å². The maximum Gasteiger partial charge on any atom is 0.239 e. The van der Waals surface area contributed by atoms with Gasteiger partial charge in [0.1, 0.15) is 0 Å². The number of nitrogens with zero attached hydrogens (tertiary/aromatic N) is 2. The lowest BCUT2D eigenvalue weighted by Gasteiger charge is -2.28. The molecule has 3 heterocycles. The fraction of sp³-hybridized carbons (Fsp3) is 0.348. The molecule has 3 saturated heterocycles. The van der Waals surface area contributed by atoms with Crippen LogP contribution in [0.2, 0.25) is 10.0 Å². The molecular formula is C23H20Cl2N2O3. The van der Waals surface area contributed by atoms with E-state index < -0.39 is 17.9 Å². The van der Waals surface area contributed by atoms with Gasteiger partial charge in [0.05, 0.1) is 33.6 Å². The highest BCUT2D eigenvalue weighted by atomic mass is 35.5. The highest BCUT2D eigenvalue weighted by Crippen LogP contribution is 2.49. The van der Waals surface area contributed by atoms with E-state index in [9.17, 15) is 14.4 Å². The van der Waals surface area contributed by atoms with Gasteiger partial charge in [-0.2, -0.15) is 0 Å². The Bertz CT molecular complexity index is 1070. The molecule has 0 spiro atoms. The van der Waals surface area contributed by atoms with Gasteiger partial charge in [-0.3, -0.25) is 19.3 Å². The zero-order valence-electron chi connectivity index (χ0n) is 16.3. The first kappa shape index (κ1) is 19.7. The molecule has 4 atom stereocenters. The quantitative estimate of drug-likeness (QED) is 0.529. The van der Waals surface area contributed by atoms with E-state index in [1.54, 1.807) is 30.3 Å². The second-order valence-corrected chi connectivity index (χ2v) is 9.04. The van der Waals surface area contributed by atoms with Crippen LogP contribution in [0.15, 0.2) is 42.5 Å². The van der Waals surface area contributed by atoms with Crippen LogP contribution in [-0.4, -0.2) is 41.1 Å². The summed E-state index contributed by atoms with van der Waals surface area (Å²) in [5, 5.41) is 0.451. The SMILES string of the molecule is Cc1ccc(C(=O)[C@H]2[C@@H]3C(=O)N(c4cccc(Cl)c4Cl)C(=O)[C@@H]3[C@H]3CCCN32)cc1. The summed E-state index contributed by atoms with van der Waals surface area (Å²) in [7, 11) is 0. The smallest absolute Gasteiger partial charge is 0.239 e. The van der Waals surface area contributed by atoms with Crippen molar-refractivity contribution in [3.8, 4) is 0 Å². The van der Waals surface area contributed by atoms with Crippen molar-refractivity contribution in [2.45, 2.75) is 31.8 Å². The Kier molecular flexibility index (Phi) is 4.73. The van der Waals surface area contributed by atoms with Gasteiger partial charge in [0.25, 0.3) is 0 Å². The van der Waals surface area contributed by atoms with Gasteiger partial charge in [0.15, 0.2) is 5.78 Å². The summed E-state index contributed by atoms with van der Waals surface area (Å²) in [4.78, 5) is 43.6. The number of aryl methyl sites for hydroxylation is 1. The lowest BCUT2D eigenvalue weighted by molar-refractivity contribution is -0.123. The van der Waals surface area contributed by atoms with Gasteiger partial charge in [0, 0.05) is 11.6 Å². The van der Waals surface area contributed by atoms with Crippen LogP contribution in [0.4, 0.5) is 5.69 Å². The average Bonchev–Trinajstić information content (AvgIpc) is 3.37. The molecule has 0 bridgehead atoms. The summed E-state index contributed by atoms with van der Waals surface area (Å²) < 4.78 is 0. The van der Waals surface area contributed by atoms with E-state index in [0.717, 1.165) is 29.8 Å². The molecule has 0 aliphatic carbocycles. The number of Topliss-reactive ketones (excluding diaryl/α,β-unsaturated/α-hetero) is 1. The van der Waals surface area contributed by atoms with Crippen molar-refractivity contribution in [1.29, 1.82) is 0 Å². The first-order valence-electron chi connectivity index (χ1n) is 10.1. The summed E-state index contributed by atoms with van der Waals surface area (Å²) in [6, 6.07) is 11.5. The minimum atomic E-state index is -0.702. The van der Waals surface area contributed by atoms with Crippen LogP contribution >= 0.6 is 23.2 Å². The second kappa shape index (κ2) is 7.19. The van der Waals surface area contributed by atoms with Gasteiger partial charge < -0.3 is 0 Å². The van der Waals surface area contributed by atoms with E-state index in [2.05, 4.69) is 4.90 Å². The van der Waals surface area contributed by atoms with Crippen LogP contribution in [0.5, 0.6) is 0 Å².